The third-order valence-electron chi connectivity index (χ3n) is 2.78. The van der Waals surface area contributed by atoms with Crippen LogP contribution in [0.5, 0.6) is 0 Å². The molecule has 1 N–H and O–H groups in total. The van der Waals surface area contributed by atoms with Crippen molar-refractivity contribution in [2.24, 2.45) is 0 Å². The van der Waals surface area contributed by atoms with Gasteiger partial charge in [-0.25, -0.2) is 4.98 Å². The van der Waals surface area contributed by atoms with E-state index < -0.39 is 0 Å². The number of aromatic nitrogens is 2. The number of likely N-dealkylation sites (N-methyl/N-ethyl adjacent to an activating group) is 1. The summed E-state index contributed by atoms with van der Waals surface area (Å²) in [6.07, 6.45) is 4.81. The molecule has 1 heterocycles. The first-order valence-electron chi connectivity index (χ1n) is 6.83. The summed E-state index contributed by atoms with van der Waals surface area (Å²) in [5.74, 6) is 1.13. The van der Waals surface area contributed by atoms with E-state index in [0.717, 1.165) is 25.3 Å². The van der Waals surface area contributed by atoms with Crippen LogP contribution in [-0.4, -0.2) is 34.3 Å². The molecular weight excluding hydrogens is 226 g/mol. The van der Waals surface area contributed by atoms with Crippen LogP contribution in [0.3, 0.4) is 0 Å². The average Bonchev–Trinajstić information content (AvgIpc) is 2.72. The Labute approximate surface area is 111 Å². The minimum absolute atomic E-state index is 0.0894. The van der Waals surface area contributed by atoms with E-state index in [-0.39, 0.29) is 5.60 Å². The first kappa shape index (κ1) is 15.2. The summed E-state index contributed by atoms with van der Waals surface area (Å²) in [6, 6.07) is 0.321. The van der Waals surface area contributed by atoms with E-state index in [1.165, 1.54) is 0 Å². The molecule has 104 valence electrons. The summed E-state index contributed by atoms with van der Waals surface area (Å²) in [4.78, 5) is 4.42. The van der Waals surface area contributed by atoms with Crippen molar-refractivity contribution in [3.8, 4) is 0 Å². The van der Waals surface area contributed by atoms with Crippen molar-refractivity contribution in [2.45, 2.75) is 59.2 Å². The number of hydrogen-bond acceptors (Lipinski definition) is 3. The minimum atomic E-state index is -0.0894. The van der Waals surface area contributed by atoms with Crippen LogP contribution < -0.4 is 5.32 Å². The molecule has 1 aromatic heterocycles. The normalized spacial score (nSPS) is 13.8. The molecule has 18 heavy (non-hydrogen) atoms. The zero-order chi connectivity index (χ0) is 13.6. The fourth-order valence-electron chi connectivity index (χ4n) is 1.87. The number of nitrogens with one attached hydrogen (secondary N) is 1. The second-order valence-corrected chi connectivity index (χ2v) is 5.51. The van der Waals surface area contributed by atoms with Crippen molar-refractivity contribution in [3.63, 3.8) is 0 Å². The number of nitrogens with zero attached hydrogens (tertiary/aromatic N) is 2. The number of imidazole rings is 1. The molecular formula is C14H27N3O. The molecule has 0 saturated carbocycles. The average molecular weight is 253 g/mol. The minimum Gasteiger partial charge on any atom is -0.374 e. The summed E-state index contributed by atoms with van der Waals surface area (Å²) < 4.78 is 8.05. The lowest BCUT2D eigenvalue weighted by Crippen LogP contribution is -2.38. The largest absolute Gasteiger partial charge is 0.374 e. The van der Waals surface area contributed by atoms with Gasteiger partial charge in [-0.15, -0.1) is 0 Å². The van der Waals surface area contributed by atoms with Crippen LogP contribution in [-0.2, 0) is 17.7 Å². The van der Waals surface area contributed by atoms with E-state index in [4.69, 9.17) is 4.74 Å². The Hall–Kier alpha value is -0.870. The maximum Gasteiger partial charge on any atom is 0.110 e. The van der Waals surface area contributed by atoms with Gasteiger partial charge in [0.25, 0.3) is 0 Å². The van der Waals surface area contributed by atoms with Crippen molar-refractivity contribution in [2.75, 3.05) is 13.2 Å². The summed E-state index contributed by atoms with van der Waals surface area (Å²) in [7, 11) is 0. The van der Waals surface area contributed by atoms with E-state index in [1.807, 2.05) is 12.4 Å². The van der Waals surface area contributed by atoms with Crippen LogP contribution in [0.25, 0.3) is 0 Å². The molecule has 0 aliphatic rings. The van der Waals surface area contributed by atoms with Crippen molar-refractivity contribution in [1.29, 1.82) is 0 Å². The van der Waals surface area contributed by atoms with Crippen molar-refractivity contribution in [3.05, 3.63) is 18.2 Å². The van der Waals surface area contributed by atoms with Gasteiger partial charge in [-0.1, -0.05) is 6.92 Å². The molecule has 1 atom stereocenters. The highest BCUT2D eigenvalue weighted by Gasteiger charge is 2.16. The Morgan fingerprint density at radius 3 is 2.67 bits per heavy atom. The SMILES string of the molecule is CCNC(COC(C)(C)C)Cc1nccn1CC. The second kappa shape index (κ2) is 6.90. The van der Waals surface area contributed by atoms with Crippen LogP contribution in [0.1, 0.15) is 40.4 Å². The highest BCUT2D eigenvalue weighted by atomic mass is 16.5. The number of aryl methyl sites for hydroxylation is 1. The molecule has 0 aliphatic carbocycles. The first-order valence-corrected chi connectivity index (χ1v) is 6.83. The molecule has 0 fully saturated rings. The van der Waals surface area contributed by atoms with E-state index in [0.29, 0.717) is 12.6 Å². The van der Waals surface area contributed by atoms with Gasteiger partial charge in [-0.05, 0) is 34.2 Å². The van der Waals surface area contributed by atoms with Crippen LogP contribution in [0.2, 0.25) is 0 Å². The Morgan fingerprint density at radius 2 is 2.11 bits per heavy atom. The fraction of sp³-hybridized carbons (Fsp3) is 0.786. The predicted molar refractivity (Wildman–Crippen MR) is 74.8 cm³/mol. The Bertz CT molecular complexity index is 341. The monoisotopic (exact) mass is 253 g/mol. The summed E-state index contributed by atoms with van der Waals surface area (Å²) >= 11 is 0. The van der Waals surface area contributed by atoms with Gasteiger partial charge in [0.1, 0.15) is 5.82 Å². The molecule has 0 radical (unpaired) electrons. The fourth-order valence-corrected chi connectivity index (χ4v) is 1.87. The second-order valence-electron chi connectivity index (χ2n) is 5.51. The van der Waals surface area contributed by atoms with Crippen LogP contribution >= 0.6 is 0 Å². The third-order valence-corrected chi connectivity index (χ3v) is 2.78. The molecule has 0 amide bonds. The van der Waals surface area contributed by atoms with Crippen LogP contribution in [0.15, 0.2) is 12.4 Å². The van der Waals surface area contributed by atoms with Gasteiger partial charge in [0.15, 0.2) is 0 Å². The molecule has 0 aromatic carbocycles. The van der Waals surface area contributed by atoms with Crippen LogP contribution in [0.4, 0.5) is 0 Å². The Kier molecular flexibility index (Phi) is 5.82. The maximum atomic E-state index is 5.87. The summed E-state index contributed by atoms with van der Waals surface area (Å²) in [6.45, 7) is 13.2. The lowest BCUT2D eigenvalue weighted by atomic mass is 10.1. The van der Waals surface area contributed by atoms with E-state index in [9.17, 15) is 0 Å². The van der Waals surface area contributed by atoms with Crippen LogP contribution in [0, 0.1) is 0 Å². The molecule has 1 rings (SSSR count). The van der Waals surface area contributed by atoms with E-state index in [2.05, 4.69) is 49.5 Å². The maximum absolute atomic E-state index is 5.87. The lowest BCUT2D eigenvalue weighted by Gasteiger charge is -2.25. The van der Waals surface area contributed by atoms with Gasteiger partial charge in [0.05, 0.1) is 12.2 Å². The summed E-state index contributed by atoms with van der Waals surface area (Å²) in [5.41, 5.74) is -0.0894. The van der Waals surface area contributed by atoms with Gasteiger partial charge in [-0.3, -0.25) is 0 Å². The highest BCUT2D eigenvalue weighted by Crippen LogP contribution is 2.09. The van der Waals surface area contributed by atoms with Crippen molar-refractivity contribution in [1.82, 2.24) is 14.9 Å². The number of ether oxygens (including phenoxy) is 1. The molecule has 0 saturated heterocycles. The van der Waals surface area contributed by atoms with Gasteiger partial charge in [0, 0.05) is 31.4 Å². The van der Waals surface area contributed by atoms with Gasteiger partial charge < -0.3 is 14.6 Å². The van der Waals surface area contributed by atoms with Crippen molar-refractivity contribution >= 4 is 0 Å². The molecule has 0 bridgehead atoms. The zero-order valence-corrected chi connectivity index (χ0v) is 12.4. The lowest BCUT2D eigenvalue weighted by molar-refractivity contribution is -0.0144. The Morgan fingerprint density at radius 1 is 1.39 bits per heavy atom. The van der Waals surface area contributed by atoms with Gasteiger partial charge >= 0.3 is 0 Å². The van der Waals surface area contributed by atoms with E-state index >= 15 is 0 Å². The molecule has 4 heteroatoms. The molecule has 1 aromatic rings. The summed E-state index contributed by atoms with van der Waals surface area (Å²) in [5, 5.41) is 3.47. The predicted octanol–water partition coefficient (Wildman–Crippen LogP) is 2.24. The smallest absolute Gasteiger partial charge is 0.110 e. The zero-order valence-electron chi connectivity index (χ0n) is 12.4. The number of hydrogen-bond donors (Lipinski definition) is 1. The molecule has 0 aliphatic heterocycles. The number of rotatable bonds is 7. The standard InChI is InChI=1S/C14H27N3O/c1-6-15-12(11-18-14(3,4)5)10-13-16-8-9-17(13)7-2/h8-9,12,15H,6-7,10-11H2,1-5H3. The third kappa shape index (κ3) is 5.19. The van der Waals surface area contributed by atoms with Gasteiger partial charge in [-0.2, -0.15) is 0 Å². The van der Waals surface area contributed by atoms with E-state index in [1.54, 1.807) is 0 Å². The topological polar surface area (TPSA) is 39.1 Å². The van der Waals surface area contributed by atoms with Crippen molar-refractivity contribution < 1.29 is 4.74 Å². The molecule has 1 unspecified atom stereocenters. The molecule has 4 nitrogen and oxygen atoms in total. The molecule has 0 spiro atoms. The van der Waals surface area contributed by atoms with Gasteiger partial charge in [0.2, 0.25) is 0 Å². The Balaban J connectivity index is 2.57. The highest BCUT2D eigenvalue weighted by molar-refractivity contribution is 4.95. The quantitative estimate of drug-likeness (QED) is 0.810. The first-order chi connectivity index (χ1) is 8.46.